The minimum Gasteiger partial charge on any atom is -0.480 e. The molecular formula is C30H29NO6. The van der Waals surface area contributed by atoms with Crippen molar-refractivity contribution < 1.29 is 29.0 Å². The van der Waals surface area contributed by atoms with Crippen LogP contribution in [0.1, 0.15) is 39.4 Å². The third-order valence-corrected chi connectivity index (χ3v) is 6.63. The molecule has 3 aromatic carbocycles. The molecular weight excluding hydrogens is 470 g/mol. The molecule has 0 aromatic heterocycles. The van der Waals surface area contributed by atoms with Gasteiger partial charge in [-0.1, -0.05) is 79.4 Å². The summed E-state index contributed by atoms with van der Waals surface area (Å²) >= 11 is 0. The minimum atomic E-state index is -1.15. The molecule has 3 aromatic rings. The van der Waals surface area contributed by atoms with E-state index in [0.29, 0.717) is 11.1 Å². The summed E-state index contributed by atoms with van der Waals surface area (Å²) in [5, 5.41) is 9.85. The maximum Gasteiger partial charge on any atom is 0.410 e. The summed E-state index contributed by atoms with van der Waals surface area (Å²) in [6.07, 6.45) is 1.12. The van der Waals surface area contributed by atoms with Gasteiger partial charge in [-0.3, -0.25) is 4.90 Å². The zero-order valence-electron chi connectivity index (χ0n) is 20.6. The van der Waals surface area contributed by atoms with Crippen LogP contribution in [0.3, 0.4) is 0 Å². The van der Waals surface area contributed by atoms with Crippen molar-refractivity contribution in [3.63, 3.8) is 0 Å². The lowest BCUT2D eigenvalue weighted by molar-refractivity contribution is -0.142. The number of benzene rings is 3. The van der Waals surface area contributed by atoms with Gasteiger partial charge in [-0.2, -0.15) is 0 Å². The zero-order valence-corrected chi connectivity index (χ0v) is 20.6. The monoisotopic (exact) mass is 499 g/mol. The number of carboxylic acid groups (broad SMARTS) is 1. The molecule has 1 atom stereocenters. The standard InChI is InChI=1S/C30H29NO6/c1-3-18-36-29(34)21-11-5-4-10-20(21)16-17-27(28(32)33)31(2)30(35)37-19-26-24-14-8-6-12-22(24)23-13-7-9-15-25(23)26/h3-15,26-27H,1,16-19H2,2H3,(H,32,33)/t27-/m0/s1. The van der Waals surface area contributed by atoms with Gasteiger partial charge in [0, 0.05) is 13.0 Å². The maximum absolute atomic E-state index is 12.9. The molecule has 0 saturated carbocycles. The van der Waals surface area contributed by atoms with E-state index < -0.39 is 24.1 Å². The molecule has 4 rings (SSSR count). The fourth-order valence-electron chi connectivity index (χ4n) is 4.75. The Morgan fingerprint density at radius 3 is 2.16 bits per heavy atom. The van der Waals surface area contributed by atoms with Crippen molar-refractivity contribution in [1.29, 1.82) is 0 Å². The predicted octanol–water partition coefficient (Wildman–Crippen LogP) is 5.30. The van der Waals surface area contributed by atoms with E-state index in [0.717, 1.165) is 27.2 Å². The maximum atomic E-state index is 12.9. The largest absolute Gasteiger partial charge is 0.480 e. The van der Waals surface area contributed by atoms with E-state index >= 15 is 0 Å². The molecule has 0 saturated heterocycles. The molecule has 1 N–H and O–H groups in total. The van der Waals surface area contributed by atoms with Crippen LogP contribution >= 0.6 is 0 Å². The number of aliphatic carboxylic acids is 1. The van der Waals surface area contributed by atoms with E-state index in [1.165, 1.54) is 13.1 Å². The van der Waals surface area contributed by atoms with Crippen molar-refractivity contribution in [3.05, 3.63) is 108 Å². The van der Waals surface area contributed by atoms with Crippen LogP contribution in [0.4, 0.5) is 4.79 Å². The number of rotatable bonds is 10. The smallest absolute Gasteiger partial charge is 0.410 e. The van der Waals surface area contributed by atoms with Crippen molar-refractivity contribution in [2.24, 2.45) is 0 Å². The SMILES string of the molecule is C=CCOC(=O)c1ccccc1CC[C@@H](C(=O)O)N(C)C(=O)OCC1c2ccccc2-c2ccccc21. The lowest BCUT2D eigenvalue weighted by Crippen LogP contribution is -2.43. The second kappa shape index (κ2) is 11.6. The quantitative estimate of drug-likeness (QED) is 0.301. The number of carboxylic acids is 1. The number of ether oxygens (including phenoxy) is 2. The summed E-state index contributed by atoms with van der Waals surface area (Å²) in [5.74, 6) is -1.78. The zero-order chi connectivity index (χ0) is 26.4. The van der Waals surface area contributed by atoms with Crippen LogP contribution in [0.25, 0.3) is 11.1 Å². The van der Waals surface area contributed by atoms with Crippen LogP contribution in [0.15, 0.2) is 85.5 Å². The molecule has 0 spiro atoms. The van der Waals surface area contributed by atoms with Crippen molar-refractivity contribution in [3.8, 4) is 11.1 Å². The highest BCUT2D eigenvalue weighted by atomic mass is 16.6. The number of hydrogen-bond acceptors (Lipinski definition) is 5. The fraction of sp³-hybridized carbons (Fsp3) is 0.233. The van der Waals surface area contributed by atoms with Gasteiger partial charge in [0.2, 0.25) is 0 Å². The molecule has 0 fully saturated rings. The number of fused-ring (bicyclic) bond motifs is 3. The number of aryl methyl sites for hydroxylation is 1. The first kappa shape index (κ1) is 25.7. The van der Waals surface area contributed by atoms with Crippen LogP contribution in [0, 0.1) is 0 Å². The van der Waals surface area contributed by atoms with Gasteiger partial charge in [-0.05, 0) is 46.7 Å². The van der Waals surface area contributed by atoms with Crippen LogP contribution in [0.2, 0.25) is 0 Å². The van der Waals surface area contributed by atoms with E-state index in [1.807, 2.05) is 48.5 Å². The van der Waals surface area contributed by atoms with Gasteiger partial charge < -0.3 is 14.6 Å². The van der Waals surface area contributed by atoms with Gasteiger partial charge in [0.25, 0.3) is 0 Å². The van der Waals surface area contributed by atoms with E-state index in [9.17, 15) is 19.5 Å². The average molecular weight is 500 g/mol. The third-order valence-electron chi connectivity index (χ3n) is 6.63. The first-order valence-corrected chi connectivity index (χ1v) is 12.1. The van der Waals surface area contributed by atoms with E-state index in [4.69, 9.17) is 9.47 Å². The van der Waals surface area contributed by atoms with Gasteiger partial charge in [-0.25, -0.2) is 14.4 Å². The molecule has 0 heterocycles. The van der Waals surface area contributed by atoms with Crippen LogP contribution in [-0.2, 0) is 20.7 Å². The predicted molar refractivity (Wildman–Crippen MR) is 139 cm³/mol. The molecule has 7 nitrogen and oxygen atoms in total. The normalized spacial score (nSPS) is 12.7. The van der Waals surface area contributed by atoms with Crippen molar-refractivity contribution in [2.75, 3.05) is 20.3 Å². The summed E-state index contributed by atoms with van der Waals surface area (Å²) in [6, 6.07) is 21.7. The molecule has 37 heavy (non-hydrogen) atoms. The number of carbonyl (C=O) groups excluding carboxylic acids is 2. The van der Waals surface area contributed by atoms with Gasteiger partial charge in [-0.15, -0.1) is 0 Å². The summed E-state index contributed by atoms with van der Waals surface area (Å²) in [5.41, 5.74) is 5.38. The molecule has 0 bridgehead atoms. The van der Waals surface area contributed by atoms with Gasteiger partial charge in [0.15, 0.2) is 0 Å². The number of nitrogens with zero attached hydrogens (tertiary/aromatic N) is 1. The second-order valence-corrected chi connectivity index (χ2v) is 8.85. The Morgan fingerprint density at radius 1 is 0.946 bits per heavy atom. The summed E-state index contributed by atoms with van der Waals surface area (Å²) in [7, 11) is 1.42. The topological polar surface area (TPSA) is 93.1 Å². The number of carbonyl (C=O) groups is 3. The molecule has 1 aliphatic carbocycles. The van der Waals surface area contributed by atoms with Crippen LogP contribution in [-0.4, -0.2) is 54.3 Å². The Labute approximate surface area is 215 Å². The molecule has 1 aliphatic rings. The highest BCUT2D eigenvalue weighted by Gasteiger charge is 2.32. The van der Waals surface area contributed by atoms with Crippen molar-refractivity contribution in [1.82, 2.24) is 4.90 Å². The Balaban J connectivity index is 1.42. The fourth-order valence-corrected chi connectivity index (χ4v) is 4.75. The van der Waals surface area contributed by atoms with Gasteiger partial charge >= 0.3 is 18.0 Å². The lowest BCUT2D eigenvalue weighted by Gasteiger charge is -2.25. The number of likely N-dealkylation sites (N-methyl/N-ethyl adjacent to an activating group) is 1. The summed E-state index contributed by atoms with van der Waals surface area (Å²) < 4.78 is 10.8. The summed E-state index contributed by atoms with van der Waals surface area (Å²) in [4.78, 5) is 38.5. The number of hydrogen-bond donors (Lipinski definition) is 1. The van der Waals surface area contributed by atoms with Crippen molar-refractivity contribution in [2.45, 2.75) is 24.8 Å². The molecule has 7 heteroatoms. The Bertz CT molecular complexity index is 1270. The Kier molecular flexibility index (Phi) is 8.03. The molecule has 1 amide bonds. The van der Waals surface area contributed by atoms with E-state index in [-0.39, 0.29) is 32.0 Å². The van der Waals surface area contributed by atoms with Crippen LogP contribution in [0.5, 0.6) is 0 Å². The highest BCUT2D eigenvalue weighted by Crippen LogP contribution is 2.44. The van der Waals surface area contributed by atoms with E-state index in [2.05, 4.69) is 6.58 Å². The number of amides is 1. The highest BCUT2D eigenvalue weighted by molar-refractivity contribution is 5.91. The van der Waals surface area contributed by atoms with Gasteiger partial charge in [0.05, 0.1) is 5.56 Å². The third kappa shape index (κ3) is 5.56. The number of esters is 1. The second-order valence-electron chi connectivity index (χ2n) is 8.85. The first-order valence-electron chi connectivity index (χ1n) is 12.1. The summed E-state index contributed by atoms with van der Waals surface area (Å²) in [6.45, 7) is 3.71. The Morgan fingerprint density at radius 2 is 1.54 bits per heavy atom. The minimum absolute atomic E-state index is 0.0788. The average Bonchev–Trinajstić information content (AvgIpc) is 3.24. The van der Waals surface area contributed by atoms with E-state index in [1.54, 1.807) is 24.3 Å². The molecule has 0 unspecified atom stereocenters. The van der Waals surface area contributed by atoms with Crippen LogP contribution < -0.4 is 0 Å². The Hall–Kier alpha value is -4.39. The van der Waals surface area contributed by atoms with Crippen molar-refractivity contribution >= 4 is 18.0 Å². The van der Waals surface area contributed by atoms with Gasteiger partial charge in [0.1, 0.15) is 19.3 Å². The first-order chi connectivity index (χ1) is 17.9. The molecule has 0 radical (unpaired) electrons. The molecule has 190 valence electrons. The molecule has 0 aliphatic heterocycles. The lowest BCUT2D eigenvalue weighted by atomic mass is 9.98.